The number of nitrogens with zero attached hydrogens (tertiary/aromatic N) is 2. The van der Waals surface area contributed by atoms with E-state index >= 15 is 0 Å². The molecule has 0 bridgehead atoms. The predicted molar refractivity (Wildman–Crippen MR) is 37.5 cm³/mol. The van der Waals surface area contributed by atoms with E-state index in [1.165, 1.54) is 0 Å². The van der Waals surface area contributed by atoms with Gasteiger partial charge in [0.2, 0.25) is 0 Å². The Morgan fingerprint density at radius 1 is 1.33 bits per heavy atom. The van der Waals surface area contributed by atoms with E-state index in [2.05, 4.69) is 9.97 Å². The van der Waals surface area contributed by atoms with E-state index in [0.717, 1.165) is 13.9 Å². The quantitative estimate of drug-likeness (QED) is 0.465. The number of hydrogen-bond donors (Lipinski definition) is 1. The number of aromatic nitrogens is 2. The van der Waals surface area contributed by atoms with Gasteiger partial charge in [0, 0.05) is 12.4 Å². The van der Waals surface area contributed by atoms with Crippen molar-refractivity contribution >= 4 is 8.05 Å². The molecule has 1 N–H and O–H groups in total. The molecule has 0 saturated carbocycles. The molecule has 0 fully saturated rings. The molecular formula is C5H9BN2O. The van der Waals surface area contributed by atoms with Crippen molar-refractivity contribution in [1.29, 1.82) is 0 Å². The predicted octanol–water partition coefficient (Wildman–Crippen LogP) is -0.688. The van der Waals surface area contributed by atoms with E-state index in [1.54, 1.807) is 18.5 Å². The van der Waals surface area contributed by atoms with Gasteiger partial charge in [0.1, 0.15) is 5.82 Å². The van der Waals surface area contributed by atoms with Crippen molar-refractivity contribution in [2.45, 2.75) is 6.92 Å². The first-order valence-electron chi connectivity index (χ1n) is 2.58. The Hall–Kier alpha value is -0.895. The summed E-state index contributed by atoms with van der Waals surface area (Å²) < 4.78 is 0. The van der Waals surface area contributed by atoms with Crippen LogP contribution in [0.3, 0.4) is 0 Å². The minimum atomic E-state index is 0.822. The van der Waals surface area contributed by atoms with Crippen LogP contribution in [0, 0.1) is 6.92 Å². The van der Waals surface area contributed by atoms with Crippen LogP contribution in [0.1, 0.15) is 5.82 Å². The Labute approximate surface area is 55.2 Å². The fraction of sp³-hybridized carbons (Fsp3) is 0.200. The van der Waals surface area contributed by atoms with E-state index in [4.69, 9.17) is 5.02 Å². The topological polar surface area (TPSA) is 46.0 Å². The first-order chi connectivity index (χ1) is 4.39. The lowest BCUT2D eigenvalue weighted by atomic mass is 10.6. The standard InChI is InChI=1S/C5H6N2.BH3O/c1-5-6-3-2-4-7-5;1-2/h2-4H,1H3;2H,1H2. The van der Waals surface area contributed by atoms with Crippen molar-refractivity contribution in [3.8, 4) is 0 Å². The van der Waals surface area contributed by atoms with Crippen molar-refractivity contribution < 1.29 is 5.02 Å². The molecule has 0 unspecified atom stereocenters. The van der Waals surface area contributed by atoms with Crippen LogP contribution in [0.15, 0.2) is 18.5 Å². The van der Waals surface area contributed by atoms with Gasteiger partial charge in [-0.3, -0.25) is 0 Å². The smallest absolute Gasteiger partial charge is 0.252 e. The Morgan fingerprint density at radius 2 is 1.78 bits per heavy atom. The van der Waals surface area contributed by atoms with Gasteiger partial charge in [-0.15, -0.1) is 0 Å². The molecule has 4 heteroatoms. The highest BCUT2D eigenvalue weighted by molar-refractivity contribution is 5.95. The highest BCUT2D eigenvalue weighted by Crippen LogP contribution is 1.78. The van der Waals surface area contributed by atoms with Gasteiger partial charge in [0.25, 0.3) is 8.05 Å². The van der Waals surface area contributed by atoms with Gasteiger partial charge in [-0.2, -0.15) is 0 Å². The molecule has 1 aromatic rings. The molecule has 48 valence electrons. The van der Waals surface area contributed by atoms with E-state index < -0.39 is 0 Å². The number of rotatable bonds is 0. The Morgan fingerprint density at radius 3 is 2.00 bits per heavy atom. The SMILES string of the molecule is BO.Cc1ncccn1. The maximum atomic E-state index is 7.00. The highest BCUT2D eigenvalue weighted by Gasteiger charge is 1.74. The zero-order valence-electron chi connectivity index (χ0n) is 5.57. The maximum absolute atomic E-state index is 7.00. The van der Waals surface area contributed by atoms with Gasteiger partial charge in [0.15, 0.2) is 0 Å². The van der Waals surface area contributed by atoms with Crippen molar-refractivity contribution in [2.75, 3.05) is 0 Å². The first-order valence-corrected chi connectivity index (χ1v) is 2.58. The third kappa shape index (κ3) is 3.67. The van der Waals surface area contributed by atoms with Crippen LogP contribution in [0.4, 0.5) is 0 Å². The molecule has 9 heavy (non-hydrogen) atoms. The molecule has 0 atom stereocenters. The summed E-state index contributed by atoms with van der Waals surface area (Å²) in [5.41, 5.74) is 0. The molecule has 0 aliphatic heterocycles. The Balaban J connectivity index is 0.000000291. The van der Waals surface area contributed by atoms with E-state index in [9.17, 15) is 0 Å². The molecule has 0 aliphatic carbocycles. The lowest BCUT2D eigenvalue weighted by Crippen LogP contribution is -1.80. The fourth-order valence-corrected chi connectivity index (χ4v) is 0.374. The summed E-state index contributed by atoms with van der Waals surface area (Å²) in [6.07, 6.45) is 3.45. The van der Waals surface area contributed by atoms with Gasteiger partial charge < -0.3 is 5.02 Å². The summed E-state index contributed by atoms with van der Waals surface area (Å²) in [4.78, 5) is 7.74. The zero-order chi connectivity index (χ0) is 7.11. The molecule has 0 amide bonds. The molecule has 0 spiro atoms. The maximum Gasteiger partial charge on any atom is 0.252 e. The molecular weight excluding hydrogens is 115 g/mol. The molecule has 1 rings (SSSR count). The molecule has 0 aliphatic rings. The second-order valence-corrected chi connectivity index (χ2v) is 1.30. The molecule has 1 heterocycles. The van der Waals surface area contributed by atoms with Crippen LogP contribution in [0.2, 0.25) is 0 Å². The van der Waals surface area contributed by atoms with Crippen molar-refractivity contribution in [1.82, 2.24) is 9.97 Å². The van der Waals surface area contributed by atoms with Crippen LogP contribution in [-0.2, 0) is 0 Å². The summed E-state index contributed by atoms with van der Waals surface area (Å²) in [5, 5.41) is 7.00. The minimum Gasteiger partial charge on any atom is -0.458 e. The fourth-order valence-electron chi connectivity index (χ4n) is 0.374. The van der Waals surface area contributed by atoms with Gasteiger partial charge >= 0.3 is 0 Å². The van der Waals surface area contributed by atoms with Crippen LogP contribution in [0.5, 0.6) is 0 Å². The average molecular weight is 124 g/mol. The zero-order valence-corrected chi connectivity index (χ0v) is 5.57. The third-order valence-corrected chi connectivity index (χ3v) is 0.695. The molecule has 1 aromatic heterocycles. The third-order valence-electron chi connectivity index (χ3n) is 0.695. The normalized spacial score (nSPS) is 7.33. The summed E-state index contributed by atoms with van der Waals surface area (Å²) in [7, 11) is 1.00. The van der Waals surface area contributed by atoms with E-state index in [0.29, 0.717) is 0 Å². The van der Waals surface area contributed by atoms with Gasteiger partial charge in [0.05, 0.1) is 0 Å². The summed E-state index contributed by atoms with van der Waals surface area (Å²) >= 11 is 0. The largest absolute Gasteiger partial charge is 0.458 e. The Bertz CT molecular complexity index is 145. The van der Waals surface area contributed by atoms with Crippen LogP contribution in [-0.4, -0.2) is 23.0 Å². The monoisotopic (exact) mass is 124 g/mol. The van der Waals surface area contributed by atoms with Crippen LogP contribution in [0.25, 0.3) is 0 Å². The van der Waals surface area contributed by atoms with E-state index in [-0.39, 0.29) is 0 Å². The van der Waals surface area contributed by atoms with E-state index in [1.807, 2.05) is 6.92 Å². The van der Waals surface area contributed by atoms with Crippen molar-refractivity contribution in [2.24, 2.45) is 0 Å². The number of hydrogen-bond acceptors (Lipinski definition) is 3. The Kier molecular flexibility index (Phi) is 4.72. The van der Waals surface area contributed by atoms with Crippen LogP contribution >= 0.6 is 0 Å². The lowest BCUT2D eigenvalue weighted by molar-refractivity contribution is 0.629. The summed E-state index contributed by atoms with van der Waals surface area (Å²) in [6, 6.07) is 1.80. The van der Waals surface area contributed by atoms with Gasteiger partial charge in [-0.1, -0.05) is 0 Å². The summed E-state index contributed by atoms with van der Waals surface area (Å²) in [6.45, 7) is 1.86. The summed E-state index contributed by atoms with van der Waals surface area (Å²) in [5.74, 6) is 0.822. The van der Waals surface area contributed by atoms with Crippen molar-refractivity contribution in [3.63, 3.8) is 0 Å². The molecule has 0 aromatic carbocycles. The molecule has 0 radical (unpaired) electrons. The van der Waals surface area contributed by atoms with Crippen molar-refractivity contribution in [3.05, 3.63) is 24.3 Å². The first kappa shape index (κ1) is 8.10. The second kappa shape index (κ2) is 5.25. The second-order valence-electron chi connectivity index (χ2n) is 1.30. The lowest BCUT2D eigenvalue weighted by Gasteiger charge is -1.81. The molecule has 0 saturated heterocycles. The average Bonchev–Trinajstić information content (AvgIpc) is 1.94. The number of aryl methyl sites for hydroxylation is 1. The van der Waals surface area contributed by atoms with Gasteiger partial charge in [-0.05, 0) is 13.0 Å². The van der Waals surface area contributed by atoms with Gasteiger partial charge in [-0.25, -0.2) is 9.97 Å². The highest BCUT2D eigenvalue weighted by atomic mass is 16.2. The van der Waals surface area contributed by atoms with Crippen LogP contribution < -0.4 is 0 Å². The molecule has 3 nitrogen and oxygen atoms in total. The minimum absolute atomic E-state index is 0.822.